The second kappa shape index (κ2) is 6.23. The highest BCUT2D eigenvalue weighted by Gasteiger charge is 2.05. The van der Waals surface area contributed by atoms with Crippen molar-refractivity contribution in [1.82, 2.24) is 5.01 Å². The highest BCUT2D eigenvalue weighted by molar-refractivity contribution is 5.85. The van der Waals surface area contributed by atoms with E-state index in [2.05, 4.69) is 41.2 Å². The van der Waals surface area contributed by atoms with E-state index in [9.17, 15) is 0 Å². The van der Waals surface area contributed by atoms with Gasteiger partial charge >= 0.3 is 0 Å². The Bertz CT molecular complexity index is 676. The Kier molecular flexibility index (Phi) is 3.96. The molecule has 0 aliphatic carbocycles. The summed E-state index contributed by atoms with van der Waals surface area (Å²) in [4.78, 5) is 0. The number of hydrogen-bond acceptors (Lipinski definition) is 3. The first-order chi connectivity index (χ1) is 9.92. The summed E-state index contributed by atoms with van der Waals surface area (Å²) in [5, 5.41) is 8.75. The third kappa shape index (κ3) is 3.17. The van der Waals surface area contributed by atoms with Crippen LogP contribution < -0.4 is 0 Å². The average molecular weight is 264 g/mol. The molecule has 1 saturated heterocycles. The Morgan fingerprint density at radius 1 is 1.05 bits per heavy atom. The molecule has 1 aliphatic heterocycles. The molecule has 3 heteroatoms. The first-order valence-electron chi connectivity index (χ1n) is 6.77. The van der Waals surface area contributed by atoms with Crippen molar-refractivity contribution in [3.63, 3.8) is 0 Å². The van der Waals surface area contributed by atoms with E-state index in [0.717, 1.165) is 31.9 Å². The van der Waals surface area contributed by atoms with E-state index in [0.29, 0.717) is 0 Å². The molecule has 0 bridgehead atoms. The van der Waals surface area contributed by atoms with Crippen LogP contribution >= 0.6 is 0 Å². The summed E-state index contributed by atoms with van der Waals surface area (Å²) in [6, 6.07) is 14.5. The highest BCUT2D eigenvalue weighted by Crippen LogP contribution is 2.14. The van der Waals surface area contributed by atoms with Crippen LogP contribution in [0.1, 0.15) is 5.56 Å². The Hall–Kier alpha value is -2.31. The third-order valence-electron chi connectivity index (χ3n) is 3.24. The molecular formula is C17H16N2O. The SMILES string of the molecule is C(#Cc1ccc2ccccc2c1)/C=N\N1CCOCC1. The first kappa shape index (κ1) is 12.7. The van der Waals surface area contributed by atoms with Crippen LogP contribution in [0, 0.1) is 11.8 Å². The van der Waals surface area contributed by atoms with Gasteiger partial charge in [0.2, 0.25) is 0 Å². The minimum Gasteiger partial charge on any atom is -0.378 e. The molecular weight excluding hydrogens is 248 g/mol. The van der Waals surface area contributed by atoms with Gasteiger partial charge in [-0.2, -0.15) is 5.10 Å². The van der Waals surface area contributed by atoms with E-state index >= 15 is 0 Å². The second-order valence-corrected chi connectivity index (χ2v) is 4.64. The lowest BCUT2D eigenvalue weighted by atomic mass is 10.1. The molecule has 100 valence electrons. The number of fused-ring (bicyclic) bond motifs is 1. The van der Waals surface area contributed by atoms with Crippen molar-refractivity contribution in [2.24, 2.45) is 5.10 Å². The monoisotopic (exact) mass is 264 g/mol. The largest absolute Gasteiger partial charge is 0.378 e. The number of ether oxygens (including phenoxy) is 1. The Morgan fingerprint density at radius 2 is 1.85 bits per heavy atom. The zero-order valence-corrected chi connectivity index (χ0v) is 11.2. The molecule has 0 radical (unpaired) electrons. The van der Waals surface area contributed by atoms with E-state index in [1.807, 2.05) is 23.2 Å². The molecule has 1 fully saturated rings. The first-order valence-corrected chi connectivity index (χ1v) is 6.77. The molecule has 0 N–H and O–H groups in total. The minimum atomic E-state index is 0.745. The number of hydrogen-bond donors (Lipinski definition) is 0. The van der Waals surface area contributed by atoms with Crippen LogP contribution in [0.3, 0.4) is 0 Å². The zero-order chi connectivity index (χ0) is 13.6. The fourth-order valence-electron chi connectivity index (χ4n) is 2.16. The number of nitrogens with zero attached hydrogens (tertiary/aromatic N) is 2. The van der Waals surface area contributed by atoms with Crippen LogP contribution in [0.15, 0.2) is 47.6 Å². The van der Waals surface area contributed by atoms with Gasteiger partial charge in [-0.1, -0.05) is 36.3 Å². The average Bonchev–Trinajstić information content (AvgIpc) is 2.52. The highest BCUT2D eigenvalue weighted by atomic mass is 16.5. The molecule has 0 spiro atoms. The number of rotatable bonds is 1. The van der Waals surface area contributed by atoms with Crippen LogP contribution in [-0.2, 0) is 4.74 Å². The van der Waals surface area contributed by atoms with E-state index in [1.165, 1.54) is 10.8 Å². The Labute approximate surface area is 118 Å². The van der Waals surface area contributed by atoms with E-state index in [-0.39, 0.29) is 0 Å². The van der Waals surface area contributed by atoms with Crippen molar-refractivity contribution in [2.45, 2.75) is 0 Å². The molecule has 0 atom stereocenters. The Balaban J connectivity index is 1.69. The lowest BCUT2D eigenvalue weighted by Crippen LogP contribution is -2.32. The van der Waals surface area contributed by atoms with Gasteiger partial charge in [-0.15, -0.1) is 0 Å². The normalized spacial score (nSPS) is 15.3. The molecule has 3 rings (SSSR count). The summed E-state index contributed by atoms with van der Waals surface area (Å²) in [5.41, 5.74) is 1.01. The summed E-state index contributed by atoms with van der Waals surface area (Å²) < 4.78 is 5.26. The zero-order valence-electron chi connectivity index (χ0n) is 11.2. The van der Waals surface area contributed by atoms with Gasteiger partial charge in [0, 0.05) is 5.56 Å². The molecule has 20 heavy (non-hydrogen) atoms. The summed E-state index contributed by atoms with van der Waals surface area (Å²) >= 11 is 0. The quantitative estimate of drug-likeness (QED) is 0.584. The maximum atomic E-state index is 5.26. The van der Waals surface area contributed by atoms with E-state index < -0.39 is 0 Å². The maximum absolute atomic E-state index is 5.26. The van der Waals surface area contributed by atoms with Gasteiger partial charge in [-0.3, -0.25) is 5.01 Å². The van der Waals surface area contributed by atoms with Crippen molar-refractivity contribution >= 4 is 17.0 Å². The van der Waals surface area contributed by atoms with Crippen LogP contribution in [0.5, 0.6) is 0 Å². The van der Waals surface area contributed by atoms with E-state index in [1.54, 1.807) is 6.21 Å². The Morgan fingerprint density at radius 3 is 2.70 bits per heavy atom. The topological polar surface area (TPSA) is 24.8 Å². The van der Waals surface area contributed by atoms with Crippen molar-refractivity contribution in [1.29, 1.82) is 0 Å². The molecule has 2 aromatic rings. The van der Waals surface area contributed by atoms with Gasteiger partial charge in [-0.05, 0) is 28.8 Å². The smallest absolute Gasteiger partial charge is 0.0972 e. The standard InChI is InChI=1S/C17H16N2O/c1-2-6-17-14-15(7-8-16(17)5-1)4-3-9-18-19-10-12-20-13-11-19/h1-2,5-9,14H,10-13H2/b18-9-. The molecule has 1 heterocycles. The fourth-order valence-corrected chi connectivity index (χ4v) is 2.16. The lowest BCUT2D eigenvalue weighted by molar-refractivity contribution is 0.0397. The van der Waals surface area contributed by atoms with Crippen LogP contribution in [0.4, 0.5) is 0 Å². The van der Waals surface area contributed by atoms with Gasteiger partial charge < -0.3 is 4.74 Å². The van der Waals surface area contributed by atoms with Crippen LogP contribution in [0.25, 0.3) is 10.8 Å². The summed E-state index contributed by atoms with van der Waals surface area (Å²) in [7, 11) is 0. The minimum absolute atomic E-state index is 0.745. The summed E-state index contributed by atoms with van der Waals surface area (Å²) in [6.45, 7) is 3.17. The van der Waals surface area contributed by atoms with Gasteiger partial charge in [0.15, 0.2) is 0 Å². The fraction of sp³-hybridized carbons (Fsp3) is 0.235. The molecule has 2 aromatic carbocycles. The molecule has 1 aliphatic rings. The van der Waals surface area contributed by atoms with Gasteiger partial charge in [-0.25, -0.2) is 0 Å². The van der Waals surface area contributed by atoms with Crippen molar-refractivity contribution in [3.05, 3.63) is 48.0 Å². The number of morpholine rings is 1. The number of hydrazone groups is 1. The van der Waals surface area contributed by atoms with Crippen molar-refractivity contribution < 1.29 is 4.74 Å². The molecule has 0 unspecified atom stereocenters. The van der Waals surface area contributed by atoms with Gasteiger partial charge in [0.05, 0.1) is 32.5 Å². The van der Waals surface area contributed by atoms with Crippen LogP contribution in [0.2, 0.25) is 0 Å². The van der Waals surface area contributed by atoms with E-state index in [4.69, 9.17) is 4.74 Å². The van der Waals surface area contributed by atoms with Crippen LogP contribution in [-0.4, -0.2) is 37.5 Å². The van der Waals surface area contributed by atoms with Gasteiger partial charge in [0.25, 0.3) is 0 Å². The van der Waals surface area contributed by atoms with Crippen molar-refractivity contribution in [2.75, 3.05) is 26.3 Å². The molecule has 0 saturated carbocycles. The maximum Gasteiger partial charge on any atom is 0.0972 e. The predicted octanol–water partition coefficient (Wildman–Crippen LogP) is 2.51. The molecule has 0 amide bonds. The predicted molar refractivity (Wildman–Crippen MR) is 81.7 cm³/mol. The van der Waals surface area contributed by atoms with Crippen molar-refractivity contribution in [3.8, 4) is 11.8 Å². The molecule has 3 nitrogen and oxygen atoms in total. The van der Waals surface area contributed by atoms with Gasteiger partial charge in [0.1, 0.15) is 0 Å². The lowest BCUT2D eigenvalue weighted by Gasteiger charge is -2.22. The summed E-state index contributed by atoms with van der Waals surface area (Å²) in [6.07, 6.45) is 1.67. The third-order valence-corrected chi connectivity index (χ3v) is 3.24. The molecule has 0 aromatic heterocycles. The number of benzene rings is 2. The second-order valence-electron chi connectivity index (χ2n) is 4.64. The summed E-state index contributed by atoms with van der Waals surface area (Å²) in [5.74, 6) is 6.11.